The molecule has 0 fully saturated rings. The lowest BCUT2D eigenvalue weighted by atomic mass is 10.1. The van der Waals surface area contributed by atoms with Crippen LogP contribution in [0.15, 0.2) is 53.5 Å². The number of rotatable bonds is 7. The molecule has 0 saturated carbocycles. The molecule has 108 valence electrons. The van der Waals surface area contributed by atoms with Crippen molar-refractivity contribution in [3.63, 3.8) is 0 Å². The Labute approximate surface area is 123 Å². The Bertz CT molecular complexity index is 518. The van der Waals surface area contributed by atoms with Gasteiger partial charge in [-0.2, -0.15) is 0 Å². The van der Waals surface area contributed by atoms with Gasteiger partial charge in [0.1, 0.15) is 11.0 Å². The van der Waals surface area contributed by atoms with E-state index in [9.17, 15) is 9.00 Å². The maximum Gasteiger partial charge on any atom is 0.157 e. The van der Waals surface area contributed by atoms with Gasteiger partial charge >= 0.3 is 0 Å². The molecule has 0 heterocycles. The lowest BCUT2D eigenvalue weighted by Crippen LogP contribution is -2.31. The summed E-state index contributed by atoms with van der Waals surface area (Å²) in [5, 5.41) is 0. The van der Waals surface area contributed by atoms with E-state index >= 15 is 0 Å². The third-order valence-corrected chi connectivity index (χ3v) is 3.91. The van der Waals surface area contributed by atoms with Crippen LogP contribution in [0.2, 0.25) is 0 Å². The Balaban J connectivity index is 2.72. The first-order valence-corrected chi connectivity index (χ1v) is 7.74. The van der Waals surface area contributed by atoms with Crippen LogP contribution in [-0.2, 0) is 15.8 Å². The highest BCUT2D eigenvalue weighted by molar-refractivity contribution is 7.83. The molecule has 1 unspecified atom stereocenters. The molecular weight excluding hydrogens is 270 g/mol. The summed E-state index contributed by atoms with van der Waals surface area (Å²) in [5.41, 5.74) is 1.12. The summed E-state index contributed by atoms with van der Waals surface area (Å²) >= 11 is 0. The van der Waals surface area contributed by atoms with Crippen LogP contribution in [0.4, 0.5) is 0 Å². The second kappa shape index (κ2) is 8.61. The third-order valence-electron chi connectivity index (χ3n) is 2.69. The molecule has 0 saturated heterocycles. The summed E-state index contributed by atoms with van der Waals surface area (Å²) in [7, 11) is -1.32. The molecule has 0 aliphatic carbocycles. The number of aryl methyl sites for hydroxylation is 1. The van der Waals surface area contributed by atoms with Gasteiger partial charge in [-0.15, -0.1) is 0 Å². The van der Waals surface area contributed by atoms with Crippen molar-refractivity contribution >= 4 is 16.8 Å². The molecule has 0 aromatic heterocycles. The van der Waals surface area contributed by atoms with Gasteiger partial charge in [0, 0.05) is 12.5 Å². The second-order valence-corrected chi connectivity index (χ2v) is 5.75. The molecule has 20 heavy (non-hydrogen) atoms. The minimum Gasteiger partial charge on any atom is -0.295 e. The minimum atomic E-state index is -1.32. The molecule has 0 aliphatic rings. The number of ketones is 1. The van der Waals surface area contributed by atoms with E-state index in [2.05, 4.69) is 4.72 Å². The fourth-order valence-electron chi connectivity index (χ4n) is 1.72. The maximum absolute atomic E-state index is 12.2. The highest BCUT2D eigenvalue weighted by atomic mass is 32.2. The quantitative estimate of drug-likeness (QED) is 0.620. The molecule has 1 aromatic carbocycles. The smallest absolute Gasteiger partial charge is 0.157 e. The van der Waals surface area contributed by atoms with Crippen molar-refractivity contribution in [1.29, 1.82) is 0 Å². The molecule has 0 spiro atoms. The fourth-order valence-corrected chi connectivity index (χ4v) is 2.68. The average Bonchev–Trinajstić information content (AvgIpc) is 2.39. The van der Waals surface area contributed by atoms with E-state index in [0.717, 1.165) is 5.56 Å². The Morgan fingerprint density at radius 1 is 1.25 bits per heavy atom. The molecular formula is C16H21NO2S. The largest absolute Gasteiger partial charge is 0.295 e. The molecule has 3 nitrogen and oxygen atoms in total. The summed E-state index contributed by atoms with van der Waals surface area (Å²) in [6.07, 6.45) is 7.26. The summed E-state index contributed by atoms with van der Waals surface area (Å²) in [5.74, 6) is 0.0176. The molecule has 0 amide bonds. The highest BCUT2D eigenvalue weighted by Gasteiger charge is 2.13. The third kappa shape index (κ3) is 5.63. The van der Waals surface area contributed by atoms with Crippen molar-refractivity contribution in [2.75, 3.05) is 0 Å². The van der Waals surface area contributed by atoms with Gasteiger partial charge in [-0.25, -0.2) is 8.93 Å². The molecule has 1 aromatic rings. The number of allylic oxidation sites excluding steroid dienone is 3. The van der Waals surface area contributed by atoms with Crippen LogP contribution in [0.1, 0.15) is 25.8 Å². The Hall–Kier alpha value is -1.52. The lowest BCUT2D eigenvalue weighted by Gasteiger charge is -2.13. The van der Waals surface area contributed by atoms with Gasteiger partial charge in [-0.05, 0) is 39.0 Å². The number of hydrogen-bond acceptors (Lipinski definition) is 2. The number of nitrogens with one attached hydrogen (secondary N) is 1. The van der Waals surface area contributed by atoms with Crippen LogP contribution < -0.4 is 4.72 Å². The van der Waals surface area contributed by atoms with Gasteiger partial charge in [0.05, 0.1) is 4.90 Å². The van der Waals surface area contributed by atoms with E-state index in [0.29, 0.717) is 11.3 Å². The van der Waals surface area contributed by atoms with Gasteiger partial charge in [0.25, 0.3) is 0 Å². The minimum absolute atomic E-state index is 0.0176. The van der Waals surface area contributed by atoms with Crippen LogP contribution in [0.5, 0.6) is 0 Å². The number of hydrogen-bond donors (Lipinski definition) is 1. The van der Waals surface area contributed by atoms with Crippen molar-refractivity contribution in [3.8, 4) is 0 Å². The van der Waals surface area contributed by atoms with Crippen molar-refractivity contribution in [2.45, 2.75) is 38.1 Å². The Kier molecular flexibility index (Phi) is 7.12. The number of carbonyl (C=O) groups excluding carboxylic acids is 1. The molecule has 0 bridgehead atoms. The molecule has 1 N–H and O–H groups in total. The van der Waals surface area contributed by atoms with Crippen LogP contribution in [0, 0.1) is 6.92 Å². The topological polar surface area (TPSA) is 46.2 Å². The van der Waals surface area contributed by atoms with Gasteiger partial charge in [-0.1, -0.05) is 35.9 Å². The van der Waals surface area contributed by atoms with Crippen LogP contribution in [0.25, 0.3) is 0 Å². The maximum atomic E-state index is 12.2. The molecule has 2 atom stereocenters. The molecule has 0 radical (unpaired) electrons. The van der Waals surface area contributed by atoms with Gasteiger partial charge in [-0.3, -0.25) is 4.79 Å². The van der Waals surface area contributed by atoms with E-state index < -0.39 is 11.0 Å². The summed E-state index contributed by atoms with van der Waals surface area (Å²) in [4.78, 5) is 12.3. The summed E-state index contributed by atoms with van der Waals surface area (Å²) in [6, 6.07) is 7.28. The average molecular weight is 291 g/mol. The zero-order valence-electron chi connectivity index (χ0n) is 12.1. The second-order valence-electron chi connectivity index (χ2n) is 4.50. The van der Waals surface area contributed by atoms with E-state index in [1.807, 2.05) is 50.3 Å². The normalized spacial score (nSPS) is 14.8. The van der Waals surface area contributed by atoms with Crippen molar-refractivity contribution in [3.05, 3.63) is 54.1 Å². The number of benzene rings is 1. The SMILES string of the molecule is C/C=C/C(=O)C[C@H](/C=C/C)NS(=O)c1ccc(C)cc1. The van der Waals surface area contributed by atoms with Crippen molar-refractivity contribution in [2.24, 2.45) is 0 Å². The Morgan fingerprint density at radius 2 is 1.90 bits per heavy atom. The van der Waals surface area contributed by atoms with Crippen LogP contribution >= 0.6 is 0 Å². The first-order chi connectivity index (χ1) is 9.56. The van der Waals surface area contributed by atoms with Crippen LogP contribution in [-0.4, -0.2) is 16.0 Å². The van der Waals surface area contributed by atoms with Crippen molar-refractivity contribution in [1.82, 2.24) is 4.72 Å². The lowest BCUT2D eigenvalue weighted by molar-refractivity contribution is -0.114. The number of carbonyl (C=O) groups is 1. The molecule has 4 heteroatoms. The first kappa shape index (κ1) is 16.5. The van der Waals surface area contributed by atoms with Crippen LogP contribution in [0.3, 0.4) is 0 Å². The van der Waals surface area contributed by atoms with Crippen molar-refractivity contribution < 1.29 is 9.00 Å². The highest BCUT2D eigenvalue weighted by Crippen LogP contribution is 2.08. The van der Waals surface area contributed by atoms with E-state index in [1.165, 1.54) is 6.08 Å². The predicted molar refractivity (Wildman–Crippen MR) is 83.8 cm³/mol. The van der Waals surface area contributed by atoms with Gasteiger partial charge in [0.15, 0.2) is 5.78 Å². The first-order valence-electron chi connectivity index (χ1n) is 6.59. The zero-order valence-corrected chi connectivity index (χ0v) is 12.9. The standard InChI is InChI=1S/C16H21NO2S/c1-4-6-14(12-15(18)7-5-2)17-20(19)16-10-8-13(3)9-11-16/h4-11,14,17H,12H2,1-3H3/b6-4+,7-5+/t14-,20?/m0/s1. The van der Waals surface area contributed by atoms with E-state index in [1.54, 1.807) is 13.0 Å². The fraction of sp³-hybridized carbons (Fsp3) is 0.312. The van der Waals surface area contributed by atoms with Gasteiger partial charge in [0.2, 0.25) is 0 Å². The van der Waals surface area contributed by atoms with Gasteiger partial charge < -0.3 is 0 Å². The molecule has 1 rings (SSSR count). The summed E-state index contributed by atoms with van der Waals surface area (Å²) in [6.45, 7) is 5.67. The van der Waals surface area contributed by atoms with E-state index in [4.69, 9.17) is 0 Å². The molecule has 0 aliphatic heterocycles. The Morgan fingerprint density at radius 3 is 2.45 bits per heavy atom. The monoisotopic (exact) mass is 291 g/mol. The zero-order chi connectivity index (χ0) is 15.0. The predicted octanol–water partition coefficient (Wildman–Crippen LogP) is 3.09. The summed E-state index contributed by atoms with van der Waals surface area (Å²) < 4.78 is 15.2. The van der Waals surface area contributed by atoms with E-state index in [-0.39, 0.29) is 11.8 Å².